The summed E-state index contributed by atoms with van der Waals surface area (Å²) in [6.07, 6.45) is 0.867. The Hall–Kier alpha value is -4.43. The number of anilines is 2. The van der Waals surface area contributed by atoms with Crippen LogP contribution in [0.3, 0.4) is 0 Å². The van der Waals surface area contributed by atoms with Crippen molar-refractivity contribution in [3.05, 3.63) is 74.9 Å². The van der Waals surface area contributed by atoms with Crippen LogP contribution in [0.15, 0.2) is 41.7 Å². The number of nitrogens with zero attached hydrogens (tertiary/aromatic N) is 6. The van der Waals surface area contributed by atoms with Gasteiger partial charge in [-0.2, -0.15) is 5.10 Å². The molecule has 2 N–H and O–H groups in total. The van der Waals surface area contributed by atoms with Crippen LogP contribution in [-0.4, -0.2) is 64.6 Å². The zero-order valence-electron chi connectivity index (χ0n) is 24.2. The van der Waals surface area contributed by atoms with Gasteiger partial charge in [-0.3, -0.25) is 14.2 Å². The third kappa shape index (κ3) is 4.87. The number of hydrogen-bond acceptors (Lipinski definition) is 10. The molecular weight excluding hydrogens is 608 g/mol. The van der Waals surface area contributed by atoms with E-state index in [1.54, 1.807) is 17.7 Å². The molecule has 44 heavy (non-hydrogen) atoms. The van der Waals surface area contributed by atoms with Crippen molar-refractivity contribution in [3.63, 3.8) is 0 Å². The van der Waals surface area contributed by atoms with Crippen molar-refractivity contribution >= 4 is 55.8 Å². The molecule has 13 nitrogen and oxygen atoms in total. The van der Waals surface area contributed by atoms with Gasteiger partial charge in [-0.1, -0.05) is 18.2 Å². The summed E-state index contributed by atoms with van der Waals surface area (Å²) in [5.41, 5.74) is 2.98. The minimum Gasteiger partial charge on any atom is -0.476 e. The van der Waals surface area contributed by atoms with Crippen LogP contribution in [0.5, 0.6) is 5.88 Å². The fourth-order valence-corrected chi connectivity index (χ4v) is 6.98. The molecule has 3 aromatic heterocycles. The highest BCUT2D eigenvalue weighted by molar-refractivity contribution is 7.89. The Kier molecular flexibility index (Phi) is 6.48. The molecule has 4 aromatic rings. The van der Waals surface area contributed by atoms with Crippen LogP contribution in [0.2, 0.25) is 5.15 Å². The number of carbonyl (C=O) groups is 1. The largest absolute Gasteiger partial charge is 0.476 e. The molecule has 0 spiro atoms. The molecule has 5 heterocycles. The van der Waals surface area contributed by atoms with E-state index in [0.717, 1.165) is 43.0 Å². The van der Waals surface area contributed by atoms with Gasteiger partial charge in [0.1, 0.15) is 11.8 Å². The first-order valence-corrected chi connectivity index (χ1v) is 16.3. The minimum absolute atomic E-state index is 0.00636. The van der Waals surface area contributed by atoms with E-state index in [9.17, 15) is 18.0 Å². The number of carbonyl (C=O) groups excluding carboxylic acids is 1. The lowest BCUT2D eigenvalue weighted by Crippen LogP contribution is -2.32. The summed E-state index contributed by atoms with van der Waals surface area (Å²) in [4.78, 5) is 37.5. The summed E-state index contributed by atoms with van der Waals surface area (Å²) in [7, 11) is -2.13. The molecule has 228 valence electrons. The number of sulfonamides is 1. The molecule has 7 rings (SSSR count). The van der Waals surface area contributed by atoms with E-state index in [4.69, 9.17) is 26.4 Å². The van der Waals surface area contributed by atoms with Gasteiger partial charge in [0.2, 0.25) is 21.9 Å². The fourth-order valence-electron chi connectivity index (χ4n) is 6.40. The highest BCUT2D eigenvalue weighted by atomic mass is 35.5. The highest BCUT2D eigenvalue weighted by Crippen LogP contribution is 2.58. The Morgan fingerprint density at radius 1 is 1.16 bits per heavy atom. The van der Waals surface area contributed by atoms with Crippen LogP contribution in [0.1, 0.15) is 33.2 Å². The number of hydrogen-bond donors (Lipinski definition) is 2. The summed E-state index contributed by atoms with van der Waals surface area (Å²) < 4.78 is 34.4. The maximum Gasteiger partial charge on any atom is 0.285 e. The quantitative estimate of drug-likeness (QED) is 0.289. The molecule has 3 atom stereocenters. The van der Waals surface area contributed by atoms with Crippen LogP contribution in [0.25, 0.3) is 16.6 Å². The van der Waals surface area contributed by atoms with E-state index < -0.39 is 15.9 Å². The van der Waals surface area contributed by atoms with E-state index in [-0.39, 0.29) is 22.1 Å². The van der Waals surface area contributed by atoms with E-state index >= 15 is 0 Å². The molecule has 0 bridgehead atoms. The molecule has 1 saturated heterocycles. The van der Waals surface area contributed by atoms with Gasteiger partial charge in [-0.25, -0.2) is 27.8 Å². The maximum atomic E-state index is 13.6. The molecule has 15 heteroatoms. The summed E-state index contributed by atoms with van der Waals surface area (Å²) in [6, 6.07) is 8.65. The Morgan fingerprint density at radius 3 is 2.61 bits per heavy atom. The minimum atomic E-state index is -3.85. The molecule has 1 aromatic carbocycles. The molecule has 0 radical (unpaired) electrons. The highest BCUT2D eigenvalue weighted by Gasteiger charge is 2.58. The Morgan fingerprint density at radius 2 is 1.91 bits per heavy atom. The van der Waals surface area contributed by atoms with Crippen LogP contribution >= 0.6 is 11.6 Å². The van der Waals surface area contributed by atoms with Gasteiger partial charge in [0.15, 0.2) is 5.69 Å². The second-order valence-corrected chi connectivity index (χ2v) is 13.7. The van der Waals surface area contributed by atoms with Crippen LogP contribution < -0.4 is 25.2 Å². The lowest BCUT2D eigenvalue weighted by molar-refractivity contribution is 0.0977. The van der Waals surface area contributed by atoms with Crippen molar-refractivity contribution in [2.45, 2.75) is 19.4 Å². The van der Waals surface area contributed by atoms with Crippen LogP contribution in [0.4, 0.5) is 11.6 Å². The standard InChI is InChI=1S/C29H29ClN8O5S/c1-14-9-16(15(2)31-20-5-6-22(30)32-26(20)27(39)35-44(4,41)42)25-17(10-14)28(40)36(3)29(33-25)37-12-18-19(13-37)24(18)21-11-23-38(34-21)7-8-43-23/h5-6,9-11,18-19,24,31H,2,7-8,12-13H2,1,3-4H3,(H,35,39)/t18-,19+,24?. The number of benzene rings is 1. The first-order valence-electron chi connectivity index (χ1n) is 14.0. The average molecular weight is 637 g/mol. The summed E-state index contributed by atoms with van der Waals surface area (Å²) in [6.45, 7) is 8.97. The second kappa shape index (κ2) is 10.1. The number of amides is 1. The number of ether oxygens (including phenoxy) is 1. The van der Waals surface area contributed by atoms with Gasteiger partial charge in [-0.05, 0) is 48.6 Å². The third-order valence-corrected chi connectivity index (χ3v) is 9.17. The molecule has 1 saturated carbocycles. The van der Waals surface area contributed by atoms with E-state index in [1.807, 2.05) is 28.5 Å². The molecule has 1 aliphatic carbocycles. The Labute approximate surface area is 257 Å². The van der Waals surface area contributed by atoms with Gasteiger partial charge < -0.3 is 15.0 Å². The Bertz CT molecular complexity index is 2040. The maximum absolute atomic E-state index is 13.6. The molecule has 3 aliphatic rings. The lowest BCUT2D eigenvalue weighted by atomic mass is 10.0. The normalized spacial score (nSPS) is 20.3. The van der Waals surface area contributed by atoms with Crippen LogP contribution in [-0.2, 0) is 23.6 Å². The molecule has 1 amide bonds. The van der Waals surface area contributed by atoms with Crippen molar-refractivity contribution in [2.75, 3.05) is 36.2 Å². The second-order valence-electron chi connectivity index (χ2n) is 11.6. The molecular formula is C29H29ClN8O5S. The third-order valence-electron chi connectivity index (χ3n) is 8.40. The summed E-state index contributed by atoms with van der Waals surface area (Å²) in [5.74, 6) is 1.64. The number of fused-ring (bicyclic) bond motifs is 3. The SMILES string of the molecule is C=C(Nc1ccc(Cl)nc1C(=O)NS(C)(=O)=O)c1cc(C)cc2c(=O)n(C)c(N3C[C@@H]4C(c5cc6n(n5)CCO6)[C@@H]4C3)nc12. The smallest absolute Gasteiger partial charge is 0.285 e. The zero-order valence-corrected chi connectivity index (χ0v) is 25.7. The zero-order chi connectivity index (χ0) is 31.1. The fraction of sp³-hybridized carbons (Fsp3) is 0.345. The van der Waals surface area contributed by atoms with Gasteiger partial charge in [0.25, 0.3) is 11.5 Å². The first kappa shape index (κ1) is 28.3. The van der Waals surface area contributed by atoms with Gasteiger partial charge >= 0.3 is 0 Å². The average Bonchev–Trinajstić information content (AvgIpc) is 3.33. The van der Waals surface area contributed by atoms with Crippen molar-refractivity contribution in [1.29, 1.82) is 0 Å². The van der Waals surface area contributed by atoms with Crippen molar-refractivity contribution < 1.29 is 17.9 Å². The van der Waals surface area contributed by atoms with Gasteiger partial charge in [0, 0.05) is 43.4 Å². The van der Waals surface area contributed by atoms with Crippen molar-refractivity contribution in [3.8, 4) is 5.88 Å². The molecule has 2 fully saturated rings. The summed E-state index contributed by atoms with van der Waals surface area (Å²) in [5, 5.41) is 8.23. The summed E-state index contributed by atoms with van der Waals surface area (Å²) >= 11 is 6.02. The van der Waals surface area contributed by atoms with Gasteiger partial charge in [0.05, 0.1) is 35.1 Å². The van der Waals surface area contributed by atoms with Gasteiger partial charge in [-0.15, -0.1) is 0 Å². The molecule has 2 aliphatic heterocycles. The predicted octanol–water partition coefficient (Wildman–Crippen LogP) is 2.50. The monoisotopic (exact) mass is 636 g/mol. The Balaban J connectivity index is 1.19. The number of halogens is 1. The lowest BCUT2D eigenvalue weighted by Gasteiger charge is -2.24. The number of pyridine rings is 1. The first-order chi connectivity index (χ1) is 20.9. The van der Waals surface area contributed by atoms with E-state index in [0.29, 0.717) is 52.5 Å². The molecule has 1 unspecified atom stereocenters. The topological polar surface area (TPSA) is 153 Å². The number of piperidine rings is 1. The van der Waals surface area contributed by atoms with E-state index in [2.05, 4.69) is 21.8 Å². The number of rotatable bonds is 7. The van der Waals surface area contributed by atoms with Crippen molar-refractivity contribution in [2.24, 2.45) is 18.9 Å². The number of nitrogens with one attached hydrogen (secondary N) is 2. The van der Waals surface area contributed by atoms with E-state index in [1.165, 1.54) is 12.1 Å². The predicted molar refractivity (Wildman–Crippen MR) is 166 cm³/mol. The van der Waals surface area contributed by atoms with Crippen LogP contribution in [0, 0.1) is 18.8 Å². The number of aromatic nitrogens is 5. The van der Waals surface area contributed by atoms with Crippen molar-refractivity contribution in [1.82, 2.24) is 29.0 Å². The number of aryl methyl sites for hydroxylation is 1.